The zero-order valence-electron chi connectivity index (χ0n) is 12.0. The molecule has 0 fully saturated rings. The molecule has 4 N–H and O–H groups in total. The number of aryl methyl sites for hydroxylation is 1. The molecule has 0 aliphatic carbocycles. The minimum atomic E-state index is -0.792. The van der Waals surface area contributed by atoms with Crippen LogP contribution in [0.3, 0.4) is 0 Å². The van der Waals surface area contributed by atoms with Crippen molar-refractivity contribution in [2.24, 2.45) is 5.73 Å². The quantitative estimate of drug-likeness (QED) is 0.659. The molecule has 0 spiro atoms. The Morgan fingerprint density at radius 1 is 1.27 bits per heavy atom. The van der Waals surface area contributed by atoms with Gasteiger partial charge < -0.3 is 11.1 Å². The lowest BCUT2D eigenvalue weighted by atomic mass is 10.2. The number of nitrogens with two attached hydrogens (primary N) is 1. The number of amides is 2. The van der Waals surface area contributed by atoms with Gasteiger partial charge in [0, 0.05) is 6.42 Å². The molecule has 8 heteroatoms. The van der Waals surface area contributed by atoms with Crippen molar-refractivity contribution in [2.45, 2.75) is 25.9 Å². The Balaban J connectivity index is 2.18. The number of aromatic nitrogens is 2. The van der Waals surface area contributed by atoms with Crippen molar-refractivity contribution in [3.05, 3.63) is 45.0 Å². The largest absolute Gasteiger partial charge is 0.368 e. The summed E-state index contributed by atoms with van der Waals surface area (Å²) in [6.45, 7) is 1.46. The van der Waals surface area contributed by atoms with Crippen molar-refractivity contribution in [3.8, 4) is 0 Å². The summed E-state index contributed by atoms with van der Waals surface area (Å²) in [6.07, 6.45) is -0.0637. The van der Waals surface area contributed by atoms with E-state index in [4.69, 9.17) is 5.73 Å². The summed E-state index contributed by atoms with van der Waals surface area (Å²) >= 11 is 0. The lowest BCUT2D eigenvalue weighted by molar-refractivity contribution is -0.127. The van der Waals surface area contributed by atoms with Gasteiger partial charge >= 0.3 is 0 Å². The highest BCUT2D eigenvalue weighted by Gasteiger charge is 2.13. The van der Waals surface area contributed by atoms with Gasteiger partial charge in [-0.2, -0.15) is 0 Å². The fourth-order valence-corrected chi connectivity index (χ4v) is 2.00. The zero-order valence-corrected chi connectivity index (χ0v) is 12.0. The average Bonchev–Trinajstić information content (AvgIpc) is 2.49. The summed E-state index contributed by atoms with van der Waals surface area (Å²) in [4.78, 5) is 46.6. The first-order valence-corrected chi connectivity index (χ1v) is 6.70. The minimum Gasteiger partial charge on any atom is -0.368 e. The molecule has 0 aliphatic heterocycles. The summed E-state index contributed by atoms with van der Waals surface area (Å²) in [6, 6.07) is 5.65. The van der Waals surface area contributed by atoms with Gasteiger partial charge in [-0.05, 0) is 19.1 Å². The molecule has 1 atom stereocenters. The number of hydrogen-bond donors (Lipinski definition) is 3. The summed E-state index contributed by atoms with van der Waals surface area (Å²) in [7, 11) is 0. The van der Waals surface area contributed by atoms with Crippen molar-refractivity contribution >= 4 is 22.6 Å². The number of H-pyrrole nitrogens is 1. The Hall–Kier alpha value is -2.90. The molecule has 0 saturated heterocycles. The smallest absolute Gasteiger partial charge is 0.273 e. The van der Waals surface area contributed by atoms with Crippen LogP contribution in [0.4, 0.5) is 0 Å². The maximum absolute atomic E-state index is 12.2. The Morgan fingerprint density at radius 3 is 2.55 bits per heavy atom. The van der Waals surface area contributed by atoms with Gasteiger partial charge in [0.1, 0.15) is 6.04 Å². The molecular weight excluding hydrogens is 288 g/mol. The minimum absolute atomic E-state index is 0.00375. The third-order valence-corrected chi connectivity index (χ3v) is 3.25. The second-order valence-electron chi connectivity index (χ2n) is 4.88. The molecule has 2 amide bonds. The number of aromatic amines is 1. The van der Waals surface area contributed by atoms with Crippen LogP contribution in [-0.4, -0.2) is 27.6 Å². The van der Waals surface area contributed by atoms with Crippen molar-refractivity contribution < 1.29 is 9.59 Å². The van der Waals surface area contributed by atoms with E-state index < -0.39 is 23.4 Å². The third-order valence-electron chi connectivity index (χ3n) is 3.25. The number of fused-ring (bicyclic) bond motifs is 1. The van der Waals surface area contributed by atoms with E-state index in [0.29, 0.717) is 5.39 Å². The van der Waals surface area contributed by atoms with Gasteiger partial charge in [0.15, 0.2) is 0 Å². The predicted octanol–water partition coefficient (Wildman–Crippen LogP) is -0.930. The fourth-order valence-electron chi connectivity index (χ4n) is 2.00. The molecule has 2 rings (SSSR count). The maximum Gasteiger partial charge on any atom is 0.273 e. The van der Waals surface area contributed by atoms with Crippen LogP contribution in [0.25, 0.3) is 10.8 Å². The number of benzene rings is 1. The molecular formula is C14H16N4O4. The highest BCUT2D eigenvalue weighted by atomic mass is 16.2. The summed E-state index contributed by atoms with van der Waals surface area (Å²) < 4.78 is 1.08. The second kappa shape index (κ2) is 6.25. The number of carbonyl (C=O) groups is 2. The highest BCUT2D eigenvalue weighted by molar-refractivity contribution is 5.86. The molecule has 0 radical (unpaired) electrons. The fraction of sp³-hybridized carbons (Fsp3) is 0.286. The third kappa shape index (κ3) is 3.22. The van der Waals surface area contributed by atoms with Crippen molar-refractivity contribution in [1.29, 1.82) is 0 Å². The number of rotatable bonds is 5. The van der Waals surface area contributed by atoms with Crippen LogP contribution in [0.2, 0.25) is 0 Å². The first kappa shape index (κ1) is 15.5. The maximum atomic E-state index is 12.2. The molecule has 22 heavy (non-hydrogen) atoms. The van der Waals surface area contributed by atoms with Crippen LogP contribution >= 0.6 is 0 Å². The first-order chi connectivity index (χ1) is 10.4. The standard InChI is InChI=1S/C14H16N4O4/c1-8(12(15)20)16-11(19)6-7-18-14(22)10-5-3-2-4-9(10)13(21)17-18/h2-5,8H,6-7H2,1H3,(H2,15,20)(H,16,19)(H,17,21). The van der Waals surface area contributed by atoms with E-state index in [0.717, 1.165) is 4.68 Å². The summed E-state index contributed by atoms with van der Waals surface area (Å²) in [5.74, 6) is -1.09. The summed E-state index contributed by atoms with van der Waals surface area (Å²) in [5.41, 5.74) is 4.26. The van der Waals surface area contributed by atoms with Crippen LogP contribution in [0, 0.1) is 0 Å². The zero-order chi connectivity index (χ0) is 16.3. The number of nitrogens with one attached hydrogen (secondary N) is 2. The molecule has 116 valence electrons. The van der Waals surface area contributed by atoms with Crippen LogP contribution in [0.15, 0.2) is 33.9 Å². The van der Waals surface area contributed by atoms with Crippen molar-refractivity contribution in [1.82, 2.24) is 15.1 Å². The van der Waals surface area contributed by atoms with E-state index in [1.165, 1.54) is 6.92 Å². The van der Waals surface area contributed by atoms with Gasteiger partial charge in [0.05, 0.1) is 17.3 Å². The predicted molar refractivity (Wildman–Crippen MR) is 80.2 cm³/mol. The second-order valence-corrected chi connectivity index (χ2v) is 4.88. The van der Waals surface area contributed by atoms with E-state index in [9.17, 15) is 19.2 Å². The molecule has 1 heterocycles. The molecule has 0 bridgehead atoms. The van der Waals surface area contributed by atoms with Gasteiger partial charge in [-0.1, -0.05) is 12.1 Å². The van der Waals surface area contributed by atoms with E-state index in [1.54, 1.807) is 24.3 Å². The van der Waals surface area contributed by atoms with Gasteiger partial charge in [-0.25, -0.2) is 4.68 Å². The monoisotopic (exact) mass is 304 g/mol. The Labute approximate surface area is 124 Å². The Morgan fingerprint density at radius 2 is 1.91 bits per heavy atom. The molecule has 1 unspecified atom stereocenters. The molecule has 8 nitrogen and oxygen atoms in total. The van der Waals surface area contributed by atoms with Gasteiger partial charge in [0.2, 0.25) is 11.8 Å². The van der Waals surface area contributed by atoms with E-state index in [2.05, 4.69) is 10.4 Å². The van der Waals surface area contributed by atoms with Gasteiger partial charge in [-0.3, -0.25) is 24.3 Å². The molecule has 0 aliphatic rings. The van der Waals surface area contributed by atoms with Crippen LogP contribution in [0.1, 0.15) is 13.3 Å². The van der Waals surface area contributed by atoms with Crippen LogP contribution < -0.4 is 22.2 Å². The van der Waals surface area contributed by atoms with Gasteiger partial charge in [0.25, 0.3) is 11.1 Å². The number of primary amides is 1. The normalized spacial score (nSPS) is 12.0. The molecule has 1 aromatic heterocycles. The van der Waals surface area contributed by atoms with Crippen LogP contribution in [-0.2, 0) is 16.1 Å². The van der Waals surface area contributed by atoms with Crippen molar-refractivity contribution in [2.75, 3.05) is 0 Å². The van der Waals surface area contributed by atoms with Crippen LogP contribution in [0.5, 0.6) is 0 Å². The number of hydrogen-bond acceptors (Lipinski definition) is 4. The number of nitrogens with zero attached hydrogens (tertiary/aromatic N) is 1. The Kier molecular flexibility index (Phi) is 4.40. The lowest BCUT2D eigenvalue weighted by Crippen LogP contribution is -2.42. The first-order valence-electron chi connectivity index (χ1n) is 6.70. The van der Waals surface area contributed by atoms with Crippen molar-refractivity contribution in [3.63, 3.8) is 0 Å². The van der Waals surface area contributed by atoms with Gasteiger partial charge in [-0.15, -0.1) is 0 Å². The summed E-state index contributed by atoms with van der Waals surface area (Å²) in [5, 5.41) is 5.42. The number of carbonyl (C=O) groups excluding carboxylic acids is 2. The van der Waals surface area contributed by atoms with E-state index >= 15 is 0 Å². The lowest BCUT2D eigenvalue weighted by Gasteiger charge is -2.11. The average molecular weight is 304 g/mol. The molecule has 0 saturated carbocycles. The Bertz CT molecular complexity index is 837. The molecule has 2 aromatic rings. The van der Waals surface area contributed by atoms with E-state index in [-0.39, 0.29) is 23.9 Å². The SMILES string of the molecule is CC(NC(=O)CCn1[nH]c(=O)c2ccccc2c1=O)C(N)=O. The highest BCUT2D eigenvalue weighted by Crippen LogP contribution is 2.02. The molecule has 1 aromatic carbocycles. The van der Waals surface area contributed by atoms with E-state index in [1.807, 2.05) is 0 Å². The topological polar surface area (TPSA) is 127 Å².